The molecule has 0 aliphatic rings. The highest BCUT2D eigenvalue weighted by atomic mass is 19.1. The maximum absolute atomic E-state index is 13.2. The summed E-state index contributed by atoms with van der Waals surface area (Å²) >= 11 is 0. The van der Waals surface area contributed by atoms with Gasteiger partial charge < -0.3 is 5.32 Å². The van der Waals surface area contributed by atoms with Gasteiger partial charge in [-0.3, -0.25) is 0 Å². The first kappa shape index (κ1) is 14.7. The van der Waals surface area contributed by atoms with Gasteiger partial charge in [0.15, 0.2) is 0 Å². The topological polar surface area (TPSA) is 12.0 Å². The van der Waals surface area contributed by atoms with Crippen LogP contribution in [0.4, 0.5) is 4.39 Å². The lowest BCUT2D eigenvalue weighted by molar-refractivity contribution is 0.582. The summed E-state index contributed by atoms with van der Waals surface area (Å²) in [5.74, 6) is -0.174. The van der Waals surface area contributed by atoms with E-state index in [0.717, 1.165) is 17.5 Å². The molecule has 0 radical (unpaired) electrons. The van der Waals surface area contributed by atoms with Crippen LogP contribution < -0.4 is 5.32 Å². The zero-order chi connectivity index (χ0) is 14.7. The summed E-state index contributed by atoms with van der Waals surface area (Å²) < 4.78 is 13.2. The molecule has 0 heterocycles. The third-order valence-corrected chi connectivity index (χ3v) is 3.97. The van der Waals surface area contributed by atoms with Crippen molar-refractivity contribution in [2.75, 3.05) is 7.05 Å². The van der Waals surface area contributed by atoms with Crippen molar-refractivity contribution in [3.05, 3.63) is 70.0 Å². The Morgan fingerprint density at radius 1 is 0.950 bits per heavy atom. The number of likely N-dealkylation sites (N-methyl/N-ethyl adjacent to an activating group) is 1. The van der Waals surface area contributed by atoms with Crippen molar-refractivity contribution in [1.82, 2.24) is 5.32 Å². The van der Waals surface area contributed by atoms with E-state index in [4.69, 9.17) is 0 Å². The molecule has 1 nitrogen and oxygen atoms in total. The van der Waals surface area contributed by atoms with Crippen LogP contribution in [0.25, 0.3) is 0 Å². The molecular weight excluding hydrogens is 249 g/mol. The van der Waals surface area contributed by atoms with Gasteiger partial charge in [0.2, 0.25) is 0 Å². The average Bonchev–Trinajstić information content (AvgIpc) is 2.41. The average molecular weight is 271 g/mol. The summed E-state index contributed by atoms with van der Waals surface area (Å²) in [5, 5.41) is 3.34. The van der Waals surface area contributed by atoms with Gasteiger partial charge in [0, 0.05) is 6.04 Å². The van der Waals surface area contributed by atoms with E-state index in [0.29, 0.717) is 0 Å². The molecule has 1 N–H and O–H groups in total. The Balaban J connectivity index is 2.26. The third-order valence-electron chi connectivity index (χ3n) is 3.97. The van der Waals surface area contributed by atoms with Gasteiger partial charge in [-0.2, -0.15) is 0 Å². The summed E-state index contributed by atoms with van der Waals surface area (Å²) in [4.78, 5) is 0. The monoisotopic (exact) mass is 271 g/mol. The number of hydrogen-bond donors (Lipinski definition) is 1. The van der Waals surface area contributed by atoms with Crippen molar-refractivity contribution in [3.8, 4) is 0 Å². The molecule has 0 fully saturated rings. The second-order valence-electron chi connectivity index (χ2n) is 5.46. The van der Waals surface area contributed by atoms with E-state index in [2.05, 4.69) is 37.4 Å². The molecule has 2 heteroatoms. The molecule has 2 aromatic carbocycles. The zero-order valence-corrected chi connectivity index (χ0v) is 12.6. The Hall–Kier alpha value is -1.67. The van der Waals surface area contributed by atoms with Crippen LogP contribution >= 0.6 is 0 Å². The molecule has 20 heavy (non-hydrogen) atoms. The highest BCUT2D eigenvalue weighted by Crippen LogP contribution is 2.23. The fourth-order valence-corrected chi connectivity index (χ4v) is 2.56. The predicted molar refractivity (Wildman–Crippen MR) is 82.6 cm³/mol. The van der Waals surface area contributed by atoms with Gasteiger partial charge >= 0.3 is 0 Å². The van der Waals surface area contributed by atoms with Crippen LogP contribution in [0.3, 0.4) is 0 Å². The Bertz CT molecular complexity index is 604. The van der Waals surface area contributed by atoms with Crippen molar-refractivity contribution in [1.29, 1.82) is 0 Å². The van der Waals surface area contributed by atoms with Crippen molar-refractivity contribution in [3.63, 3.8) is 0 Å². The van der Waals surface area contributed by atoms with Gasteiger partial charge in [-0.15, -0.1) is 0 Å². The summed E-state index contributed by atoms with van der Waals surface area (Å²) in [5.41, 5.74) is 6.08. The van der Waals surface area contributed by atoms with Crippen LogP contribution in [0.1, 0.15) is 33.9 Å². The van der Waals surface area contributed by atoms with Gasteiger partial charge in [-0.25, -0.2) is 4.39 Å². The van der Waals surface area contributed by atoms with Gasteiger partial charge in [0.05, 0.1) is 0 Å². The smallest absolute Gasteiger partial charge is 0.123 e. The molecule has 1 unspecified atom stereocenters. The fourth-order valence-electron chi connectivity index (χ4n) is 2.56. The van der Waals surface area contributed by atoms with Gasteiger partial charge in [-0.1, -0.05) is 24.3 Å². The predicted octanol–water partition coefficient (Wildman–Crippen LogP) is 4.25. The van der Waals surface area contributed by atoms with Crippen LogP contribution in [0, 0.1) is 26.6 Å². The highest BCUT2D eigenvalue weighted by Gasteiger charge is 2.13. The Labute approximate surface area is 120 Å². The Morgan fingerprint density at radius 3 is 2.30 bits per heavy atom. The first-order valence-electron chi connectivity index (χ1n) is 7.00. The molecule has 0 bridgehead atoms. The van der Waals surface area contributed by atoms with E-state index in [9.17, 15) is 4.39 Å². The van der Waals surface area contributed by atoms with Crippen LogP contribution in [0.5, 0.6) is 0 Å². The Kier molecular flexibility index (Phi) is 4.56. The minimum atomic E-state index is -0.174. The van der Waals surface area contributed by atoms with Crippen LogP contribution in [0.2, 0.25) is 0 Å². The highest BCUT2D eigenvalue weighted by molar-refractivity contribution is 5.34. The van der Waals surface area contributed by atoms with E-state index in [1.54, 1.807) is 6.07 Å². The number of nitrogens with one attached hydrogen (secondary N) is 1. The van der Waals surface area contributed by atoms with Gasteiger partial charge in [0.25, 0.3) is 0 Å². The first-order valence-corrected chi connectivity index (χ1v) is 7.00. The lowest BCUT2D eigenvalue weighted by atomic mass is 9.94. The maximum atomic E-state index is 13.2. The van der Waals surface area contributed by atoms with Crippen molar-refractivity contribution in [2.45, 2.75) is 33.2 Å². The molecule has 2 aromatic rings. The van der Waals surface area contributed by atoms with Gasteiger partial charge in [-0.05, 0) is 74.2 Å². The van der Waals surface area contributed by atoms with Crippen molar-refractivity contribution in [2.24, 2.45) is 0 Å². The third kappa shape index (κ3) is 3.26. The van der Waals surface area contributed by atoms with Crippen molar-refractivity contribution >= 4 is 0 Å². The molecular formula is C18H22FN. The van der Waals surface area contributed by atoms with E-state index >= 15 is 0 Å². The molecule has 0 spiro atoms. The lowest BCUT2D eigenvalue weighted by Crippen LogP contribution is -2.20. The van der Waals surface area contributed by atoms with E-state index in [1.165, 1.54) is 22.8 Å². The zero-order valence-electron chi connectivity index (χ0n) is 12.6. The minimum absolute atomic E-state index is 0.174. The standard InChI is InChI=1S/C18H22FN/c1-12-5-6-15(9-13(12)2)11-18(20-4)17-8-7-16(19)10-14(17)3/h5-10,18,20H,11H2,1-4H3. The largest absolute Gasteiger partial charge is 0.313 e. The number of rotatable bonds is 4. The molecule has 0 saturated carbocycles. The number of aryl methyl sites for hydroxylation is 3. The second kappa shape index (κ2) is 6.19. The SMILES string of the molecule is CNC(Cc1ccc(C)c(C)c1)c1ccc(F)cc1C. The van der Waals surface area contributed by atoms with Crippen molar-refractivity contribution < 1.29 is 4.39 Å². The summed E-state index contributed by atoms with van der Waals surface area (Å²) in [6.45, 7) is 6.22. The summed E-state index contributed by atoms with van der Waals surface area (Å²) in [7, 11) is 1.95. The van der Waals surface area contributed by atoms with Gasteiger partial charge in [0.1, 0.15) is 5.82 Å². The molecule has 0 aliphatic carbocycles. The van der Waals surface area contributed by atoms with Crippen LogP contribution in [-0.2, 0) is 6.42 Å². The number of hydrogen-bond acceptors (Lipinski definition) is 1. The van der Waals surface area contributed by atoms with Crippen LogP contribution in [-0.4, -0.2) is 7.05 Å². The maximum Gasteiger partial charge on any atom is 0.123 e. The van der Waals surface area contributed by atoms with E-state index < -0.39 is 0 Å². The molecule has 0 amide bonds. The summed E-state index contributed by atoms with van der Waals surface area (Å²) in [6.07, 6.45) is 0.907. The Morgan fingerprint density at radius 2 is 1.70 bits per heavy atom. The van der Waals surface area contributed by atoms with Crippen LogP contribution in [0.15, 0.2) is 36.4 Å². The molecule has 2 rings (SSSR count). The fraction of sp³-hybridized carbons (Fsp3) is 0.333. The molecule has 1 atom stereocenters. The number of benzene rings is 2. The molecule has 106 valence electrons. The molecule has 0 aromatic heterocycles. The normalized spacial score (nSPS) is 12.4. The summed E-state index contributed by atoms with van der Waals surface area (Å²) in [6, 6.07) is 11.8. The molecule has 0 aliphatic heterocycles. The number of halogens is 1. The second-order valence-corrected chi connectivity index (χ2v) is 5.46. The quantitative estimate of drug-likeness (QED) is 0.876. The molecule has 0 saturated heterocycles. The van der Waals surface area contributed by atoms with E-state index in [-0.39, 0.29) is 11.9 Å². The van der Waals surface area contributed by atoms with E-state index in [1.807, 2.05) is 20.0 Å². The lowest BCUT2D eigenvalue weighted by Gasteiger charge is -2.19. The minimum Gasteiger partial charge on any atom is -0.313 e. The first-order chi connectivity index (χ1) is 9.51.